The summed E-state index contributed by atoms with van der Waals surface area (Å²) in [5, 5.41) is 0. The van der Waals surface area contributed by atoms with Crippen LogP contribution in [0.15, 0.2) is 12.1 Å². The third kappa shape index (κ3) is 1.97. The van der Waals surface area contributed by atoms with Crippen LogP contribution in [0.5, 0.6) is 0 Å². The highest BCUT2D eigenvalue weighted by atomic mass is 16.2. The average Bonchev–Trinajstić information content (AvgIpc) is 2.55. The van der Waals surface area contributed by atoms with Crippen molar-refractivity contribution >= 4 is 5.91 Å². The number of rotatable bonds is 2. The molecule has 0 spiro atoms. The zero-order valence-electron chi connectivity index (χ0n) is 11.4. The molecule has 2 nitrogen and oxygen atoms in total. The van der Waals surface area contributed by atoms with Gasteiger partial charge >= 0.3 is 0 Å². The molecule has 2 rings (SSSR count). The summed E-state index contributed by atoms with van der Waals surface area (Å²) in [6.45, 7) is 11.4. The molecule has 0 saturated carbocycles. The number of aryl methyl sites for hydroxylation is 1. The Kier molecular flexibility index (Phi) is 2.98. The van der Waals surface area contributed by atoms with Gasteiger partial charge in [-0.15, -0.1) is 0 Å². The Hall–Kier alpha value is -1.31. The summed E-state index contributed by atoms with van der Waals surface area (Å²) in [5.74, 6) is 0.705. The summed E-state index contributed by atoms with van der Waals surface area (Å²) in [5.41, 5.74) is 4.69. The summed E-state index contributed by atoms with van der Waals surface area (Å²) >= 11 is 0. The predicted molar refractivity (Wildman–Crippen MR) is 70.3 cm³/mol. The SMILES string of the molecule is Cc1cc2c(cc1C(C)C)CN(C(C)C)C2=O. The number of nitrogens with zero attached hydrogens (tertiary/aromatic N) is 1. The van der Waals surface area contributed by atoms with E-state index < -0.39 is 0 Å². The molecule has 92 valence electrons. The summed E-state index contributed by atoms with van der Waals surface area (Å²) in [6, 6.07) is 4.56. The standard InChI is InChI=1S/C15H21NO/c1-9(2)13-7-12-8-16(10(3)4)15(17)14(12)6-11(13)5/h6-7,9-10H,8H2,1-5H3. The molecular formula is C15H21NO. The summed E-state index contributed by atoms with van der Waals surface area (Å²) in [4.78, 5) is 14.1. The lowest BCUT2D eigenvalue weighted by molar-refractivity contribution is 0.0730. The van der Waals surface area contributed by atoms with Gasteiger partial charge in [-0.05, 0) is 49.4 Å². The molecule has 0 radical (unpaired) electrons. The number of hydrogen-bond acceptors (Lipinski definition) is 1. The lowest BCUT2D eigenvalue weighted by Gasteiger charge is -2.19. The zero-order valence-corrected chi connectivity index (χ0v) is 11.4. The minimum Gasteiger partial charge on any atom is -0.332 e. The Morgan fingerprint density at radius 3 is 2.35 bits per heavy atom. The first-order valence-electron chi connectivity index (χ1n) is 6.36. The molecule has 1 aliphatic rings. The second-order valence-electron chi connectivity index (χ2n) is 5.55. The maximum atomic E-state index is 12.2. The van der Waals surface area contributed by atoms with Crippen LogP contribution < -0.4 is 0 Å². The first-order chi connectivity index (χ1) is 7.91. The smallest absolute Gasteiger partial charge is 0.254 e. The fourth-order valence-corrected chi connectivity index (χ4v) is 2.55. The lowest BCUT2D eigenvalue weighted by Crippen LogP contribution is -2.30. The maximum Gasteiger partial charge on any atom is 0.254 e. The summed E-state index contributed by atoms with van der Waals surface area (Å²) in [6.07, 6.45) is 0. The Morgan fingerprint density at radius 2 is 1.82 bits per heavy atom. The van der Waals surface area contributed by atoms with Crippen LogP contribution in [0, 0.1) is 6.92 Å². The number of fused-ring (bicyclic) bond motifs is 1. The van der Waals surface area contributed by atoms with Crippen LogP contribution in [0.3, 0.4) is 0 Å². The lowest BCUT2D eigenvalue weighted by atomic mass is 9.93. The number of amides is 1. The molecule has 2 heteroatoms. The molecule has 1 aromatic rings. The third-order valence-corrected chi connectivity index (χ3v) is 3.57. The van der Waals surface area contributed by atoms with E-state index in [1.165, 1.54) is 16.7 Å². The largest absolute Gasteiger partial charge is 0.332 e. The van der Waals surface area contributed by atoms with Crippen LogP contribution in [-0.4, -0.2) is 16.8 Å². The first kappa shape index (κ1) is 12.2. The molecule has 0 N–H and O–H groups in total. The van der Waals surface area contributed by atoms with Crippen LogP contribution in [0.1, 0.15) is 60.7 Å². The fraction of sp³-hybridized carbons (Fsp3) is 0.533. The maximum absolute atomic E-state index is 12.2. The van der Waals surface area contributed by atoms with Gasteiger partial charge in [0.1, 0.15) is 0 Å². The molecule has 0 aromatic heterocycles. The average molecular weight is 231 g/mol. The van der Waals surface area contributed by atoms with Crippen LogP contribution in [0.2, 0.25) is 0 Å². The van der Waals surface area contributed by atoms with E-state index in [-0.39, 0.29) is 11.9 Å². The van der Waals surface area contributed by atoms with Gasteiger partial charge < -0.3 is 4.90 Å². The van der Waals surface area contributed by atoms with Crippen molar-refractivity contribution in [1.82, 2.24) is 4.90 Å². The second-order valence-corrected chi connectivity index (χ2v) is 5.55. The quantitative estimate of drug-likeness (QED) is 0.763. The van der Waals surface area contributed by atoms with Crippen molar-refractivity contribution in [3.8, 4) is 0 Å². The molecule has 0 aliphatic carbocycles. The predicted octanol–water partition coefficient (Wildman–Crippen LogP) is 3.48. The Balaban J connectivity index is 2.46. The highest BCUT2D eigenvalue weighted by Gasteiger charge is 2.29. The van der Waals surface area contributed by atoms with Crippen molar-refractivity contribution in [3.63, 3.8) is 0 Å². The van der Waals surface area contributed by atoms with Crippen molar-refractivity contribution < 1.29 is 4.79 Å². The number of hydrogen-bond donors (Lipinski definition) is 0. The highest BCUT2D eigenvalue weighted by molar-refractivity contribution is 5.98. The Morgan fingerprint density at radius 1 is 1.18 bits per heavy atom. The summed E-state index contributed by atoms with van der Waals surface area (Å²) < 4.78 is 0. The minimum absolute atomic E-state index is 0.188. The molecular weight excluding hydrogens is 210 g/mol. The number of benzene rings is 1. The van der Waals surface area contributed by atoms with E-state index >= 15 is 0 Å². The normalized spacial score (nSPS) is 15.0. The van der Waals surface area contributed by atoms with E-state index in [4.69, 9.17) is 0 Å². The van der Waals surface area contributed by atoms with Gasteiger partial charge in [-0.3, -0.25) is 4.79 Å². The van der Waals surface area contributed by atoms with Gasteiger partial charge in [-0.2, -0.15) is 0 Å². The fourth-order valence-electron chi connectivity index (χ4n) is 2.55. The van der Waals surface area contributed by atoms with Gasteiger partial charge in [0.2, 0.25) is 0 Å². The van der Waals surface area contributed by atoms with E-state index in [0.717, 1.165) is 12.1 Å². The van der Waals surface area contributed by atoms with Gasteiger partial charge in [0.05, 0.1) is 0 Å². The molecule has 1 aromatic carbocycles. The second kappa shape index (κ2) is 4.17. The van der Waals surface area contributed by atoms with Crippen LogP contribution >= 0.6 is 0 Å². The monoisotopic (exact) mass is 231 g/mol. The highest BCUT2D eigenvalue weighted by Crippen LogP contribution is 2.30. The summed E-state index contributed by atoms with van der Waals surface area (Å²) in [7, 11) is 0. The van der Waals surface area contributed by atoms with Crippen LogP contribution in [-0.2, 0) is 6.54 Å². The molecule has 0 unspecified atom stereocenters. The van der Waals surface area contributed by atoms with Crippen LogP contribution in [0.25, 0.3) is 0 Å². The molecule has 17 heavy (non-hydrogen) atoms. The van der Waals surface area contributed by atoms with Crippen molar-refractivity contribution in [2.24, 2.45) is 0 Å². The zero-order chi connectivity index (χ0) is 12.7. The van der Waals surface area contributed by atoms with Gasteiger partial charge in [0, 0.05) is 18.2 Å². The molecule has 0 fully saturated rings. The molecule has 0 saturated heterocycles. The van der Waals surface area contributed by atoms with Gasteiger partial charge in [-0.25, -0.2) is 0 Å². The van der Waals surface area contributed by atoms with Gasteiger partial charge in [-0.1, -0.05) is 19.9 Å². The van der Waals surface area contributed by atoms with Crippen molar-refractivity contribution in [1.29, 1.82) is 0 Å². The van der Waals surface area contributed by atoms with Crippen molar-refractivity contribution in [3.05, 3.63) is 34.4 Å². The third-order valence-electron chi connectivity index (χ3n) is 3.57. The topological polar surface area (TPSA) is 20.3 Å². The molecule has 1 aliphatic heterocycles. The van der Waals surface area contributed by atoms with E-state index in [1.807, 2.05) is 4.90 Å². The van der Waals surface area contributed by atoms with Crippen molar-refractivity contribution in [2.45, 2.75) is 53.1 Å². The molecule has 1 amide bonds. The minimum atomic E-state index is 0.188. The van der Waals surface area contributed by atoms with E-state index in [9.17, 15) is 4.79 Å². The Labute approximate surface area is 104 Å². The Bertz CT molecular complexity index is 460. The van der Waals surface area contributed by atoms with E-state index in [0.29, 0.717) is 5.92 Å². The number of carbonyl (C=O) groups excluding carboxylic acids is 1. The number of carbonyl (C=O) groups is 1. The van der Waals surface area contributed by atoms with Crippen molar-refractivity contribution in [2.75, 3.05) is 0 Å². The van der Waals surface area contributed by atoms with E-state index in [2.05, 4.69) is 46.8 Å². The first-order valence-corrected chi connectivity index (χ1v) is 6.36. The van der Waals surface area contributed by atoms with Gasteiger partial charge in [0.15, 0.2) is 0 Å². The van der Waals surface area contributed by atoms with E-state index in [1.54, 1.807) is 0 Å². The molecule has 0 atom stereocenters. The van der Waals surface area contributed by atoms with Crippen LogP contribution in [0.4, 0.5) is 0 Å². The van der Waals surface area contributed by atoms with Gasteiger partial charge in [0.25, 0.3) is 5.91 Å². The molecule has 0 bridgehead atoms. The molecule has 1 heterocycles.